The van der Waals surface area contributed by atoms with E-state index >= 15 is 0 Å². The van der Waals surface area contributed by atoms with Gasteiger partial charge < -0.3 is 0 Å². The summed E-state index contributed by atoms with van der Waals surface area (Å²) in [6.07, 6.45) is 2.12. The van der Waals surface area contributed by atoms with Gasteiger partial charge >= 0.3 is 0 Å². The highest BCUT2D eigenvalue weighted by atomic mass is 32.2. The largest absolute Gasteiger partial charge is 0.129 e. The third kappa shape index (κ3) is 1.56. The van der Waals surface area contributed by atoms with Gasteiger partial charge in [0, 0.05) is 4.90 Å². The molecule has 1 heteroatoms. The van der Waals surface area contributed by atoms with Crippen LogP contribution in [0.15, 0.2) is 41.3 Å². The maximum Gasteiger partial charge on any atom is 0.0148 e. The van der Waals surface area contributed by atoms with Crippen molar-refractivity contribution >= 4 is 22.5 Å². The Labute approximate surface area is 83.0 Å². The van der Waals surface area contributed by atoms with Crippen LogP contribution in [0, 0.1) is 6.92 Å². The lowest BCUT2D eigenvalue weighted by atomic mass is 10.1. The second kappa shape index (κ2) is 3.43. The van der Waals surface area contributed by atoms with Crippen molar-refractivity contribution in [3.8, 4) is 0 Å². The lowest BCUT2D eigenvalue weighted by molar-refractivity contribution is 1.47. The van der Waals surface area contributed by atoms with E-state index in [0.29, 0.717) is 0 Å². The lowest BCUT2D eigenvalue weighted by Crippen LogP contribution is -1.78. The van der Waals surface area contributed by atoms with Crippen LogP contribution in [-0.2, 0) is 0 Å². The van der Waals surface area contributed by atoms with E-state index in [4.69, 9.17) is 0 Å². The molecule has 0 aliphatic heterocycles. The highest BCUT2D eigenvalue weighted by Crippen LogP contribution is 2.26. The molecule has 0 unspecified atom stereocenters. The predicted molar refractivity (Wildman–Crippen MR) is 60.5 cm³/mol. The third-order valence-electron chi connectivity index (χ3n) is 2.22. The number of benzene rings is 2. The Hall–Kier alpha value is -0.950. The van der Waals surface area contributed by atoms with E-state index in [1.54, 1.807) is 11.8 Å². The molecular weight excluding hydrogens is 176 g/mol. The molecule has 0 spiro atoms. The Morgan fingerprint density at radius 3 is 2.69 bits per heavy atom. The second-order valence-electron chi connectivity index (χ2n) is 3.18. The van der Waals surface area contributed by atoms with E-state index in [2.05, 4.69) is 49.6 Å². The van der Waals surface area contributed by atoms with Crippen LogP contribution in [0.4, 0.5) is 0 Å². The predicted octanol–water partition coefficient (Wildman–Crippen LogP) is 3.87. The summed E-state index contributed by atoms with van der Waals surface area (Å²) < 4.78 is 0. The lowest BCUT2D eigenvalue weighted by Gasteiger charge is -2.03. The summed E-state index contributed by atoms with van der Waals surface area (Å²) in [5.41, 5.74) is 1.32. The molecule has 0 saturated heterocycles. The van der Waals surface area contributed by atoms with Gasteiger partial charge in [-0.25, -0.2) is 0 Å². The Kier molecular flexibility index (Phi) is 2.28. The first-order chi connectivity index (χ1) is 6.31. The number of rotatable bonds is 1. The van der Waals surface area contributed by atoms with Gasteiger partial charge in [0.25, 0.3) is 0 Å². The van der Waals surface area contributed by atoms with Crippen molar-refractivity contribution in [2.24, 2.45) is 0 Å². The number of thioether (sulfide) groups is 1. The summed E-state index contributed by atoms with van der Waals surface area (Å²) in [6.45, 7) is 2.13. The fourth-order valence-electron chi connectivity index (χ4n) is 1.55. The maximum atomic E-state index is 2.23. The van der Waals surface area contributed by atoms with Crippen molar-refractivity contribution in [1.82, 2.24) is 0 Å². The standard InChI is InChI=1S/C12H12S/c1-9-6-7-11-10(8-9)4-3-5-12(11)13-2/h3-8H,1-2H3. The highest BCUT2D eigenvalue weighted by molar-refractivity contribution is 7.98. The number of fused-ring (bicyclic) bond motifs is 1. The van der Waals surface area contributed by atoms with Crippen LogP contribution in [0.3, 0.4) is 0 Å². The van der Waals surface area contributed by atoms with Crippen LogP contribution in [0.1, 0.15) is 5.56 Å². The van der Waals surface area contributed by atoms with Crippen molar-refractivity contribution in [2.45, 2.75) is 11.8 Å². The Balaban J connectivity index is 2.77. The molecule has 0 aliphatic carbocycles. The van der Waals surface area contributed by atoms with Crippen LogP contribution < -0.4 is 0 Å². The molecule has 0 heterocycles. The topological polar surface area (TPSA) is 0 Å². The molecule has 0 radical (unpaired) electrons. The van der Waals surface area contributed by atoms with Crippen molar-refractivity contribution in [2.75, 3.05) is 6.26 Å². The van der Waals surface area contributed by atoms with Crippen LogP contribution >= 0.6 is 11.8 Å². The molecule has 0 saturated carbocycles. The fraction of sp³-hybridized carbons (Fsp3) is 0.167. The second-order valence-corrected chi connectivity index (χ2v) is 4.03. The van der Waals surface area contributed by atoms with E-state index in [1.165, 1.54) is 21.2 Å². The molecule has 0 nitrogen and oxygen atoms in total. The van der Waals surface area contributed by atoms with Gasteiger partial charge in [0.05, 0.1) is 0 Å². The fourth-order valence-corrected chi connectivity index (χ4v) is 2.17. The molecule has 13 heavy (non-hydrogen) atoms. The molecule has 0 bridgehead atoms. The van der Waals surface area contributed by atoms with E-state index in [-0.39, 0.29) is 0 Å². The first-order valence-corrected chi connectivity index (χ1v) is 5.57. The van der Waals surface area contributed by atoms with Gasteiger partial charge in [-0.1, -0.05) is 35.9 Å². The summed E-state index contributed by atoms with van der Waals surface area (Å²) in [6, 6.07) is 13.1. The Morgan fingerprint density at radius 2 is 1.92 bits per heavy atom. The zero-order chi connectivity index (χ0) is 9.26. The molecular formula is C12H12S. The third-order valence-corrected chi connectivity index (χ3v) is 3.01. The maximum absolute atomic E-state index is 2.23. The van der Waals surface area contributed by atoms with Crippen LogP contribution in [0.5, 0.6) is 0 Å². The highest BCUT2D eigenvalue weighted by Gasteiger charge is 1.98. The summed E-state index contributed by atoms with van der Waals surface area (Å²) >= 11 is 1.80. The van der Waals surface area contributed by atoms with Crippen molar-refractivity contribution in [3.63, 3.8) is 0 Å². The van der Waals surface area contributed by atoms with E-state index in [0.717, 1.165) is 0 Å². The zero-order valence-corrected chi connectivity index (χ0v) is 8.69. The van der Waals surface area contributed by atoms with Crippen LogP contribution in [-0.4, -0.2) is 6.26 Å². The van der Waals surface area contributed by atoms with Gasteiger partial charge in [0.1, 0.15) is 0 Å². The molecule has 0 aromatic heterocycles. The number of aryl methyl sites for hydroxylation is 1. The van der Waals surface area contributed by atoms with Gasteiger partial charge in [-0.05, 0) is 30.0 Å². The van der Waals surface area contributed by atoms with E-state index in [9.17, 15) is 0 Å². The van der Waals surface area contributed by atoms with Crippen molar-refractivity contribution in [3.05, 3.63) is 42.0 Å². The quantitative estimate of drug-likeness (QED) is 0.612. The van der Waals surface area contributed by atoms with Crippen molar-refractivity contribution < 1.29 is 0 Å². The molecule has 0 fully saturated rings. The SMILES string of the molecule is CSc1cccc2cc(C)ccc12. The molecule has 2 aromatic rings. The molecule has 0 atom stereocenters. The minimum absolute atomic E-state index is 1.32. The van der Waals surface area contributed by atoms with Crippen LogP contribution in [0.2, 0.25) is 0 Å². The molecule has 2 rings (SSSR count). The summed E-state index contributed by atoms with van der Waals surface area (Å²) in [5, 5.41) is 2.70. The molecule has 0 aliphatic rings. The minimum atomic E-state index is 1.32. The van der Waals surface area contributed by atoms with Gasteiger partial charge in [0.15, 0.2) is 0 Å². The van der Waals surface area contributed by atoms with Crippen LogP contribution in [0.25, 0.3) is 10.8 Å². The van der Waals surface area contributed by atoms with E-state index < -0.39 is 0 Å². The number of hydrogen-bond acceptors (Lipinski definition) is 1. The summed E-state index contributed by atoms with van der Waals surface area (Å²) in [4.78, 5) is 1.36. The monoisotopic (exact) mass is 188 g/mol. The van der Waals surface area contributed by atoms with Gasteiger partial charge in [-0.15, -0.1) is 11.8 Å². The Morgan fingerprint density at radius 1 is 1.08 bits per heavy atom. The summed E-state index contributed by atoms with van der Waals surface area (Å²) in [5.74, 6) is 0. The van der Waals surface area contributed by atoms with E-state index in [1.807, 2.05) is 0 Å². The molecule has 0 N–H and O–H groups in total. The first kappa shape index (κ1) is 8.64. The summed E-state index contributed by atoms with van der Waals surface area (Å²) in [7, 11) is 0. The number of hydrogen-bond donors (Lipinski definition) is 0. The van der Waals surface area contributed by atoms with Gasteiger partial charge in [0.2, 0.25) is 0 Å². The Bertz CT molecular complexity index is 432. The molecule has 2 aromatic carbocycles. The zero-order valence-electron chi connectivity index (χ0n) is 7.87. The molecule has 66 valence electrons. The average Bonchev–Trinajstić information content (AvgIpc) is 2.16. The minimum Gasteiger partial charge on any atom is -0.129 e. The van der Waals surface area contributed by atoms with Crippen molar-refractivity contribution in [1.29, 1.82) is 0 Å². The average molecular weight is 188 g/mol. The van der Waals surface area contributed by atoms with Gasteiger partial charge in [-0.3, -0.25) is 0 Å². The molecule has 0 amide bonds. The van der Waals surface area contributed by atoms with Gasteiger partial charge in [-0.2, -0.15) is 0 Å². The normalized spacial score (nSPS) is 10.6. The first-order valence-electron chi connectivity index (χ1n) is 4.34. The smallest absolute Gasteiger partial charge is 0.0148 e.